The van der Waals surface area contributed by atoms with Crippen molar-refractivity contribution in [3.63, 3.8) is 0 Å². The fraction of sp³-hybridized carbons (Fsp3) is 0.394. The first-order chi connectivity index (χ1) is 18.7. The van der Waals surface area contributed by atoms with Gasteiger partial charge in [0, 0.05) is 29.2 Å². The Balaban J connectivity index is 1.16. The quantitative estimate of drug-likeness (QED) is 0.220. The van der Waals surface area contributed by atoms with E-state index in [1.807, 2.05) is 11.3 Å². The Morgan fingerprint density at radius 3 is 2.37 bits per heavy atom. The van der Waals surface area contributed by atoms with Crippen LogP contribution in [0.2, 0.25) is 0 Å². The van der Waals surface area contributed by atoms with Crippen LogP contribution in [0, 0.1) is 0 Å². The highest BCUT2D eigenvalue weighted by Gasteiger charge is 2.22. The Morgan fingerprint density at radius 2 is 1.61 bits per heavy atom. The highest BCUT2D eigenvalue weighted by molar-refractivity contribution is 7.22. The first kappa shape index (κ1) is 25.4. The minimum absolute atomic E-state index is 0.306. The molecule has 0 saturated carbocycles. The van der Waals surface area contributed by atoms with Crippen molar-refractivity contribution in [3.05, 3.63) is 83.9 Å². The predicted molar refractivity (Wildman–Crippen MR) is 159 cm³/mol. The van der Waals surface area contributed by atoms with Gasteiger partial charge >= 0.3 is 0 Å². The van der Waals surface area contributed by atoms with Gasteiger partial charge in [0.15, 0.2) is 0 Å². The molecule has 2 saturated heterocycles. The number of benzene rings is 3. The maximum absolute atomic E-state index is 6.27. The molecule has 0 bridgehead atoms. The fourth-order valence-corrected chi connectivity index (χ4v) is 7.00. The van der Waals surface area contributed by atoms with Gasteiger partial charge < -0.3 is 9.47 Å². The summed E-state index contributed by atoms with van der Waals surface area (Å²) in [4.78, 5) is 6.29. The number of fused-ring (bicyclic) bond motifs is 1. The van der Waals surface area contributed by atoms with Crippen LogP contribution in [0.5, 0.6) is 11.5 Å². The number of hydrogen-bond acceptors (Lipinski definition) is 5. The second kappa shape index (κ2) is 11.9. The molecule has 4 aromatic rings. The summed E-state index contributed by atoms with van der Waals surface area (Å²) in [7, 11) is 0. The highest BCUT2D eigenvalue weighted by Crippen LogP contribution is 2.40. The molecule has 0 amide bonds. The summed E-state index contributed by atoms with van der Waals surface area (Å²) in [6.45, 7) is 9.69. The zero-order valence-electron chi connectivity index (χ0n) is 22.4. The van der Waals surface area contributed by atoms with E-state index in [4.69, 9.17) is 9.47 Å². The number of likely N-dealkylation sites (N-methyl/N-ethyl adjacent to an activating group) is 1. The van der Waals surface area contributed by atoms with Crippen molar-refractivity contribution in [2.45, 2.75) is 38.7 Å². The molecule has 5 heteroatoms. The topological polar surface area (TPSA) is 24.9 Å². The van der Waals surface area contributed by atoms with Gasteiger partial charge in [-0.1, -0.05) is 37.3 Å². The van der Waals surface area contributed by atoms with Crippen LogP contribution in [-0.2, 0) is 6.42 Å². The molecular weight excluding hydrogens is 488 g/mol. The summed E-state index contributed by atoms with van der Waals surface area (Å²) in [6, 6.07) is 26.2. The van der Waals surface area contributed by atoms with Gasteiger partial charge in [0.1, 0.15) is 24.2 Å². The smallest absolute Gasteiger partial charge is 0.119 e. The number of rotatable bonds is 10. The number of likely N-dealkylation sites (tertiary alicyclic amines) is 2. The van der Waals surface area contributed by atoms with E-state index in [1.165, 1.54) is 57.6 Å². The summed E-state index contributed by atoms with van der Waals surface area (Å²) < 4.78 is 13.7. The minimum Gasteiger partial charge on any atom is -0.492 e. The maximum Gasteiger partial charge on any atom is 0.119 e. The van der Waals surface area contributed by atoms with Crippen LogP contribution >= 0.6 is 11.3 Å². The van der Waals surface area contributed by atoms with E-state index >= 15 is 0 Å². The molecule has 2 aliphatic heterocycles. The van der Waals surface area contributed by atoms with Gasteiger partial charge in [0.05, 0.1) is 0 Å². The van der Waals surface area contributed by atoms with Gasteiger partial charge in [-0.05, 0) is 110 Å². The minimum atomic E-state index is 0.306. The first-order valence-corrected chi connectivity index (χ1v) is 15.0. The van der Waals surface area contributed by atoms with E-state index in [1.54, 1.807) is 0 Å². The molecule has 1 atom stereocenters. The van der Waals surface area contributed by atoms with Crippen LogP contribution in [0.25, 0.3) is 20.5 Å². The Labute approximate surface area is 230 Å². The lowest BCUT2D eigenvalue weighted by Crippen LogP contribution is -2.25. The Morgan fingerprint density at radius 1 is 0.842 bits per heavy atom. The van der Waals surface area contributed by atoms with Gasteiger partial charge in [-0.15, -0.1) is 11.3 Å². The molecule has 0 radical (unpaired) electrons. The Kier molecular flexibility index (Phi) is 7.96. The fourth-order valence-electron chi connectivity index (χ4n) is 5.77. The van der Waals surface area contributed by atoms with Gasteiger partial charge in [-0.3, -0.25) is 9.80 Å². The molecule has 1 unspecified atom stereocenters. The lowest BCUT2D eigenvalue weighted by atomic mass is 9.99. The number of thiophene rings is 1. The molecule has 198 valence electrons. The number of nitrogens with zero attached hydrogens (tertiary/aromatic N) is 2. The third kappa shape index (κ3) is 5.90. The molecule has 2 fully saturated rings. The van der Waals surface area contributed by atoms with Crippen molar-refractivity contribution in [2.24, 2.45) is 0 Å². The molecule has 3 heterocycles. The van der Waals surface area contributed by atoms with Crippen LogP contribution in [0.1, 0.15) is 37.3 Å². The van der Waals surface area contributed by atoms with Crippen molar-refractivity contribution in [1.82, 2.24) is 9.80 Å². The summed E-state index contributed by atoms with van der Waals surface area (Å²) in [5.41, 5.74) is 3.97. The molecule has 0 aliphatic carbocycles. The summed E-state index contributed by atoms with van der Waals surface area (Å²) in [5.74, 6) is 1.93. The van der Waals surface area contributed by atoms with E-state index < -0.39 is 0 Å². The molecule has 3 aromatic carbocycles. The summed E-state index contributed by atoms with van der Waals surface area (Å²) in [6.07, 6.45) is 4.97. The van der Waals surface area contributed by atoms with Crippen molar-refractivity contribution in [3.8, 4) is 21.9 Å². The molecule has 0 spiro atoms. The number of ether oxygens (including phenoxy) is 2. The van der Waals surface area contributed by atoms with E-state index in [0.29, 0.717) is 6.10 Å². The molecular formula is C33H38N2O2S. The standard InChI is InChI=1S/C33H38N2O2S/c1-2-34-20-17-29(24-34)37-28-13-9-25(10-14-28)23-31-30-7-3-4-8-32(30)38-33(31)26-11-15-27(16-12-26)36-22-21-35-18-5-6-19-35/h3-4,7-16,29H,2,5-6,17-24H2,1H3. The largest absolute Gasteiger partial charge is 0.492 e. The highest BCUT2D eigenvalue weighted by atomic mass is 32.1. The van der Waals surface area contributed by atoms with Crippen molar-refractivity contribution >= 4 is 21.4 Å². The molecule has 1 aromatic heterocycles. The molecule has 2 aliphatic rings. The average molecular weight is 527 g/mol. The summed E-state index contributed by atoms with van der Waals surface area (Å²) >= 11 is 1.89. The Hall–Kier alpha value is -2.86. The monoisotopic (exact) mass is 526 g/mol. The van der Waals surface area contributed by atoms with E-state index in [0.717, 1.165) is 57.1 Å². The van der Waals surface area contributed by atoms with Gasteiger partial charge in [-0.25, -0.2) is 0 Å². The van der Waals surface area contributed by atoms with Crippen LogP contribution in [0.3, 0.4) is 0 Å². The van der Waals surface area contributed by atoms with Crippen molar-refractivity contribution in [2.75, 3.05) is 45.9 Å². The maximum atomic E-state index is 6.27. The third-order valence-corrected chi connectivity index (χ3v) is 9.24. The number of hydrogen-bond donors (Lipinski definition) is 0. The van der Waals surface area contributed by atoms with Gasteiger partial charge in [0.25, 0.3) is 0 Å². The van der Waals surface area contributed by atoms with Crippen LogP contribution < -0.4 is 9.47 Å². The van der Waals surface area contributed by atoms with Crippen molar-refractivity contribution in [1.29, 1.82) is 0 Å². The van der Waals surface area contributed by atoms with E-state index in [2.05, 4.69) is 89.5 Å². The zero-order chi connectivity index (χ0) is 25.7. The third-order valence-electron chi connectivity index (χ3n) is 7.97. The van der Waals surface area contributed by atoms with Crippen LogP contribution in [0.4, 0.5) is 0 Å². The molecule has 4 nitrogen and oxygen atoms in total. The molecule has 6 rings (SSSR count). The van der Waals surface area contributed by atoms with Gasteiger partial charge in [-0.2, -0.15) is 0 Å². The lowest BCUT2D eigenvalue weighted by Gasteiger charge is -2.15. The first-order valence-electron chi connectivity index (χ1n) is 14.2. The van der Waals surface area contributed by atoms with Crippen molar-refractivity contribution < 1.29 is 9.47 Å². The second-order valence-corrected chi connectivity index (χ2v) is 11.6. The van der Waals surface area contributed by atoms with Crippen LogP contribution in [-0.4, -0.2) is 61.8 Å². The van der Waals surface area contributed by atoms with E-state index in [-0.39, 0.29) is 0 Å². The summed E-state index contributed by atoms with van der Waals surface area (Å²) in [5, 5.41) is 1.35. The predicted octanol–water partition coefficient (Wildman–Crippen LogP) is 7.11. The zero-order valence-corrected chi connectivity index (χ0v) is 23.2. The Bertz CT molecular complexity index is 1330. The van der Waals surface area contributed by atoms with Gasteiger partial charge in [0.2, 0.25) is 0 Å². The van der Waals surface area contributed by atoms with Crippen LogP contribution in [0.15, 0.2) is 72.8 Å². The average Bonchev–Trinajstić information content (AvgIpc) is 3.71. The lowest BCUT2D eigenvalue weighted by molar-refractivity contribution is 0.202. The SMILES string of the molecule is CCN1CCC(Oc2ccc(Cc3c(-c4ccc(OCCN5CCCC5)cc4)sc4ccccc34)cc2)C1. The van der Waals surface area contributed by atoms with E-state index in [9.17, 15) is 0 Å². The normalized spacial score (nSPS) is 18.4. The molecule has 38 heavy (non-hydrogen) atoms. The second-order valence-electron chi connectivity index (χ2n) is 10.6. The molecule has 0 N–H and O–H groups in total.